The third-order valence-electron chi connectivity index (χ3n) is 3.01. The number of hydrogen-bond donors (Lipinski definition) is 3. The lowest BCUT2D eigenvalue weighted by molar-refractivity contribution is -0.265. The minimum absolute atomic E-state index is 0.0569. The van der Waals surface area contributed by atoms with Gasteiger partial charge in [-0.25, -0.2) is 0 Å². The molecule has 102 valence electrons. The van der Waals surface area contributed by atoms with Crippen LogP contribution in [0.1, 0.15) is 39.0 Å². The van der Waals surface area contributed by atoms with Crippen LogP contribution in [0.4, 0.5) is 0 Å². The standard InChI is InChI=1S/C12H24O5/c1-2-3-4-5-6-7-16-11-10(14)9(13)8-17-12(11)15/h9-15H,2-8H2,1H3/t9-,10+,11-,12-/m1/s1. The molecule has 1 rings (SSSR count). The monoisotopic (exact) mass is 248 g/mol. The van der Waals surface area contributed by atoms with Gasteiger partial charge >= 0.3 is 0 Å². The van der Waals surface area contributed by atoms with E-state index in [0.717, 1.165) is 12.8 Å². The first kappa shape index (κ1) is 14.9. The molecule has 0 bridgehead atoms. The van der Waals surface area contributed by atoms with Crippen molar-refractivity contribution in [1.29, 1.82) is 0 Å². The summed E-state index contributed by atoms with van der Waals surface area (Å²) in [7, 11) is 0. The highest BCUT2D eigenvalue weighted by Gasteiger charge is 2.38. The third-order valence-corrected chi connectivity index (χ3v) is 3.01. The summed E-state index contributed by atoms with van der Waals surface area (Å²) in [5.41, 5.74) is 0. The van der Waals surface area contributed by atoms with Gasteiger partial charge in [0.1, 0.15) is 18.3 Å². The van der Waals surface area contributed by atoms with Crippen molar-refractivity contribution in [3.05, 3.63) is 0 Å². The largest absolute Gasteiger partial charge is 0.388 e. The molecule has 5 heteroatoms. The number of unbranched alkanes of at least 4 members (excludes halogenated alkanes) is 4. The van der Waals surface area contributed by atoms with Crippen molar-refractivity contribution in [2.75, 3.05) is 13.2 Å². The summed E-state index contributed by atoms with van der Waals surface area (Å²) in [6.45, 7) is 2.57. The molecule has 5 nitrogen and oxygen atoms in total. The summed E-state index contributed by atoms with van der Waals surface area (Å²) in [5.74, 6) is 0. The smallest absolute Gasteiger partial charge is 0.183 e. The van der Waals surface area contributed by atoms with Crippen LogP contribution in [0.2, 0.25) is 0 Å². The van der Waals surface area contributed by atoms with Crippen LogP contribution >= 0.6 is 0 Å². The summed E-state index contributed by atoms with van der Waals surface area (Å²) in [4.78, 5) is 0. The van der Waals surface area contributed by atoms with Gasteiger partial charge in [-0.3, -0.25) is 0 Å². The Morgan fingerprint density at radius 3 is 2.53 bits per heavy atom. The Labute approximate surface area is 102 Å². The van der Waals surface area contributed by atoms with Crippen molar-refractivity contribution in [3.63, 3.8) is 0 Å². The molecule has 0 spiro atoms. The molecule has 0 unspecified atom stereocenters. The van der Waals surface area contributed by atoms with Crippen LogP contribution in [-0.2, 0) is 9.47 Å². The molecule has 0 aliphatic carbocycles. The first-order valence-corrected chi connectivity index (χ1v) is 6.44. The zero-order valence-corrected chi connectivity index (χ0v) is 10.4. The van der Waals surface area contributed by atoms with Gasteiger partial charge in [-0.1, -0.05) is 32.6 Å². The number of hydrogen-bond acceptors (Lipinski definition) is 5. The van der Waals surface area contributed by atoms with Crippen LogP contribution < -0.4 is 0 Å². The molecule has 4 atom stereocenters. The molecule has 0 saturated carbocycles. The highest BCUT2D eigenvalue weighted by Crippen LogP contribution is 2.17. The van der Waals surface area contributed by atoms with Crippen molar-refractivity contribution in [2.24, 2.45) is 0 Å². The van der Waals surface area contributed by atoms with Crippen molar-refractivity contribution in [2.45, 2.75) is 63.6 Å². The quantitative estimate of drug-likeness (QED) is 0.569. The Bertz CT molecular complexity index is 199. The Kier molecular flexibility index (Phi) is 6.99. The lowest BCUT2D eigenvalue weighted by Gasteiger charge is -2.35. The van der Waals surface area contributed by atoms with Crippen molar-refractivity contribution in [1.82, 2.24) is 0 Å². The van der Waals surface area contributed by atoms with E-state index in [1.807, 2.05) is 0 Å². The number of ether oxygens (including phenoxy) is 2. The molecule has 0 aromatic carbocycles. The maximum atomic E-state index is 9.63. The van der Waals surface area contributed by atoms with Crippen LogP contribution in [0.25, 0.3) is 0 Å². The van der Waals surface area contributed by atoms with Gasteiger partial charge in [-0.2, -0.15) is 0 Å². The summed E-state index contributed by atoms with van der Waals surface area (Å²) in [5, 5.41) is 28.5. The van der Waals surface area contributed by atoms with Crippen molar-refractivity contribution >= 4 is 0 Å². The summed E-state index contributed by atoms with van der Waals surface area (Å²) in [6, 6.07) is 0. The van der Waals surface area contributed by atoms with Gasteiger partial charge in [0, 0.05) is 6.61 Å². The molecule has 3 N–H and O–H groups in total. The van der Waals surface area contributed by atoms with Gasteiger partial charge in [-0.15, -0.1) is 0 Å². The molecule has 1 aliphatic rings. The lowest BCUT2D eigenvalue weighted by atomic mass is 10.1. The fourth-order valence-electron chi connectivity index (χ4n) is 1.88. The lowest BCUT2D eigenvalue weighted by Crippen LogP contribution is -2.54. The predicted molar refractivity (Wildman–Crippen MR) is 62.5 cm³/mol. The average molecular weight is 248 g/mol. The number of aliphatic hydroxyl groups is 3. The first-order chi connectivity index (χ1) is 8.16. The minimum atomic E-state index is -1.15. The van der Waals surface area contributed by atoms with Gasteiger partial charge < -0.3 is 24.8 Å². The Hall–Kier alpha value is -0.200. The number of aliphatic hydroxyl groups excluding tert-OH is 3. The van der Waals surface area contributed by atoms with E-state index in [-0.39, 0.29) is 6.61 Å². The first-order valence-electron chi connectivity index (χ1n) is 6.44. The molecule has 17 heavy (non-hydrogen) atoms. The van der Waals surface area contributed by atoms with E-state index in [4.69, 9.17) is 9.47 Å². The van der Waals surface area contributed by atoms with E-state index in [9.17, 15) is 15.3 Å². The Morgan fingerprint density at radius 1 is 1.12 bits per heavy atom. The van der Waals surface area contributed by atoms with Crippen molar-refractivity contribution < 1.29 is 24.8 Å². The van der Waals surface area contributed by atoms with Gasteiger partial charge in [0.15, 0.2) is 6.29 Å². The second-order valence-corrected chi connectivity index (χ2v) is 4.53. The second kappa shape index (κ2) is 8.00. The van der Waals surface area contributed by atoms with Crippen LogP contribution in [0.3, 0.4) is 0 Å². The fraction of sp³-hybridized carbons (Fsp3) is 1.00. The van der Waals surface area contributed by atoms with E-state index in [0.29, 0.717) is 6.61 Å². The normalized spacial score (nSPS) is 33.9. The van der Waals surface area contributed by atoms with Gasteiger partial charge in [0.2, 0.25) is 0 Å². The van der Waals surface area contributed by atoms with Crippen LogP contribution in [0.15, 0.2) is 0 Å². The molecule has 0 radical (unpaired) electrons. The molecular weight excluding hydrogens is 224 g/mol. The Balaban J connectivity index is 2.15. The summed E-state index contributed by atoms with van der Waals surface area (Å²) in [6.07, 6.45) is 1.51. The second-order valence-electron chi connectivity index (χ2n) is 4.53. The highest BCUT2D eigenvalue weighted by atomic mass is 16.6. The fourth-order valence-corrected chi connectivity index (χ4v) is 1.88. The zero-order valence-electron chi connectivity index (χ0n) is 10.4. The Morgan fingerprint density at radius 2 is 1.82 bits per heavy atom. The van der Waals surface area contributed by atoms with E-state index >= 15 is 0 Å². The summed E-state index contributed by atoms with van der Waals surface area (Å²) >= 11 is 0. The maximum Gasteiger partial charge on any atom is 0.183 e. The zero-order chi connectivity index (χ0) is 12.7. The maximum absolute atomic E-state index is 9.63. The van der Waals surface area contributed by atoms with Crippen molar-refractivity contribution in [3.8, 4) is 0 Å². The van der Waals surface area contributed by atoms with Gasteiger partial charge in [0.25, 0.3) is 0 Å². The average Bonchev–Trinajstić information content (AvgIpc) is 2.32. The summed E-state index contributed by atoms with van der Waals surface area (Å²) < 4.78 is 10.3. The van der Waals surface area contributed by atoms with E-state index < -0.39 is 24.6 Å². The van der Waals surface area contributed by atoms with Crippen LogP contribution in [0, 0.1) is 0 Å². The predicted octanol–water partition coefficient (Wildman–Crippen LogP) is 0.412. The molecule has 1 saturated heterocycles. The topological polar surface area (TPSA) is 79.2 Å². The van der Waals surface area contributed by atoms with E-state index in [1.165, 1.54) is 19.3 Å². The van der Waals surface area contributed by atoms with Crippen LogP contribution in [-0.4, -0.2) is 53.1 Å². The minimum Gasteiger partial charge on any atom is -0.388 e. The molecule has 1 fully saturated rings. The van der Waals surface area contributed by atoms with Gasteiger partial charge in [-0.05, 0) is 6.42 Å². The molecule has 1 heterocycles. The third kappa shape index (κ3) is 4.89. The SMILES string of the molecule is CCCCCCCO[C@@H]1[C@@H](O)[C@H](O)CO[C@H]1O. The van der Waals surface area contributed by atoms with Crippen LogP contribution in [0.5, 0.6) is 0 Å². The van der Waals surface area contributed by atoms with E-state index in [2.05, 4.69) is 6.92 Å². The van der Waals surface area contributed by atoms with Gasteiger partial charge in [0.05, 0.1) is 6.61 Å². The number of rotatable bonds is 7. The van der Waals surface area contributed by atoms with E-state index in [1.54, 1.807) is 0 Å². The highest BCUT2D eigenvalue weighted by molar-refractivity contribution is 4.83. The molecule has 0 amide bonds. The molecule has 0 aromatic rings. The molecule has 1 aliphatic heterocycles. The molecular formula is C12H24O5. The molecule has 0 aromatic heterocycles.